The Balaban J connectivity index is 1.81. The number of thiazole rings is 1. The Kier molecular flexibility index (Phi) is 4.40. The van der Waals surface area contributed by atoms with Crippen LogP contribution in [0.15, 0.2) is 60.1 Å². The Morgan fingerprint density at radius 3 is 2.63 bits per heavy atom. The number of amides is 1. The molecule has 1 heterocycles. The van der Waals surface area contributed by atoms with Gasteiger partial charge in [0.2, 0.25) is 5.91 Å². The number of rotatable bonds is 4. The number of anilines is 1. The molecule has 1 aromatic heterocycles. The van der Waals surface area contributed by atoms with E-state index in [0.29, 0.717) is 17.1 Å². The maximum Gasteiger partial charge on any atom is 0.233 e. The minimum absolute atomic E-state index is 0.0328. The molecule has 1 amide bonds. The second-order valence-corrected chi connectivity index (χ2v) is 8.09. The van der Waals surface area contributed by atoms with Gasteiger partial charge in [-0.3, -0.25) is 9.59 Å². The second-order valence-electron chi connectivity index (χ2n) is 7.20. The molecule has 0 radical (unpaired) electrons. The van der Waals surface area contributed by atoms with Gasteiger partial charge in [0, 0.05) is 23.1 Å². The van der Waals surface area contributed by atoms with Crippen molar-refractivity contribution in [2.24, 2.45) is 5.41 Å². The van der Waals surface area contributed by atoms with Crippen molar-refractivity contribution in [2.75, 3.05) is 5.32 Å². The molecule has 0 bridgehead atoms. The largest absolute Gasteiger partial charge is 0.301 e. The highest BCUT2D eigenvalue weighted by molar-refractivity contribution is 7.13. The second kappa shape index (κ2) is 6.74. The van der Waals surface area contributed by atoms with Gasteiger partial charge in [0.05, 0.1) is 5.41 Å². The van der Waals surface area contributed by atoms with Crippen molar-refractivity contribution in [3.63, 3.8) is 0 Å². The van der Waals surface area contributed by atoms with E-state index in [9.17, 15) is 9.59 Å². The van der Waals surface area contributed by atoms with Crippen LogP contribution in [-0.2, 0) is 11.2 Å². The number of ketones is 1. The summed E-state index contributed by atoms with van der Waals surface area (Å²) in [4.78, 5) is 29.4. The van der Waals surface area contributed by atoms with Crippen molar-refractivity contribution >= 4 is 28.2 Å². The third-order valence-electron chi connectivity index (χ3n) is 5.36. The summed E-state index contributed by atoms with van der Waals surface area (Å²) >= 11 is 1.41. The summed E-state index contributed by atoms with van der Waals surface area (Å²) in [6, 6.07) is 15.8. The zero-order chi connectivity index (χ0) is 19.0. The average molecular weight is 376 g/mol. The average Bonchev–Trinajstić information content (AvgIpc) is 3.27. The van der Waals surface area contributed by atoms with E-state index in [0.717, 1.165) is 16.7 Å². The minimum Gasteiger partial charge on any atom is -0.301 e. The van der Waals surface area contributed by atoms with Gasteiger partial charge >= 0.3 is 0 Å². The maximum absolute atomic E-state index is 13.3. The molecule has 3 aromatic rings. The van der Waals surface area contributed by atoms with Gasteiger partial charge in [0.15, 0.2) is 10.9 Å². The normalized spacial score (nSPS) is 20.9. The highest BCUT2D eigenvalue weighted by atomic mass is 32.1. The van der Waals surface area contributed by atoms with E-state index in [1.807, 2.05) is 48.7 Å². The third-order valence-corrected chi connectivity index (χ3v) is 6.05. The van der Waals surface area contributed by atoms with Gasteiger partial charge in [-0.1, -0.05) is 42.5 Å². The fraction of sp³-hybridized carbons (Fsp3) is 0.227. The number of nitrogens with zero attached hydrogens (tertiary/aromatic N) is 1. The molecule has 0 fully saturated rings. The van der Waals surface area contributed by atoms with Gasteiger partial charge < -0.3 is 5.32 Å². The Morgan fingerprint density at radius 1 is 1.19 bits per heavy atom. The van der Waals surface area contributed by atoms with Crippen LogP contribution in [0.3, 0.4) is 0 Å². The van der Waals surface area contributed by atoms with Gasteiger partial charge in [-0.25, -0.2) is 4.98 Å². The molecule has 0 aliphatic heterocycles. The van der Waals surface area contributed by atoms with Crippen molar-refractivity contribution in [3.05, 3.63) is 82.4 Å². The molecule has 27 heavy (non-hydrogen) atoms. The van der Waals surface area contributed by atoms with E-state index in [4.69, 9.17) is 0 Å². The molecule has 1 aliphatic rings. The van der Waals surface area contributed by atoms with Gasteiger partial charge in [-0.2, -0.15) is 0 Å². The molecule has 1 aliphatic carbocycles. The molecule has 4 nitrogen and oxygen atoms in total. The lowest BCUT2D eigenvalue weighted by Gasteiger charge is -2.31. The van der Waals surface area contributed by atoms with E-state index < -0.39 is 5.41 Å². The quantitative estimate of drug-likeness (QED) is 0.673. The molecule has 2 aromatic carbocycles. The first kappa shape index (κ1) is 17.6. The van der Waals surface area contributed by atoms with Crippen molar-refractivity contribution in [1.29, 1.82) is 0 Å². The highest BCUT2D eigenvalue weighted by Crippen LogP contribution is 2.51. The smallest absolute Gasteiger partial charge is 0.233 e. The van der Waals surface area contributed by atoms with Crippen LogP contribution in [-0.4, -0.2) is 16.7 Å². The van der Waals surface area contributed by atoms with Crippen LogP contribution < -0.4 is 5.32 Å². The van der Waals surface area contributed by atoms with E-state index >= 15 is 0 Å². The Hall–Kier alpha value is -2.79. The topological polar surface area (TPSA) is 59.1 Å². The molecule has 5 heteroatoms. The number of benzene rings is 2. The first-order chi connectivity index (χ1) is 13.0. The van der Waals surface area contributed by atoms with Crippen LogP contribution in [0, 0.1) is 5.41 Å². The number of carbonyl (C=O) groups excluding carboxylic acids is 2. The van der Waals surface area contributed by atoms with Crippen LogP contribution >= 0.6 is 11.3 Å². The predicted molar refractivity (Wildman–Crippen MR) is 107 cm³/mol. The zero-order valence-corrected chi connectivity index (χ0v) is 16.0. The predicted octanol–water partition coefficient (Wildman–Crippen LogP) is 4.68. The first-order valence-electron chi connectivity index (χ1n) is 8.89. The summed E-state index contributed by atoms with van der Waals surface area (Å²) in [6.07, 6.45) is 2.30. The summed E-state index contributed by atoms with van der Waals surface area (Å²) in [5, 5.41) is 5.43. The van der Waals surface area contributed by atoms with Crippen LogP contribution in [0.1, 0.15) is 46.8 Å². The van der Waals surface area contributed by atoms with Crippen molar-refractivity contribution in [1.82, 2.24) is 4.98 Å². The van der Waals surface area contributed by atoms with Crippen molar-refractivity contribution in [3.8, 4) is 0 Å². The monoisotopic (exact) mass is 376 g/mol. The van der Waals surface area contributed by atoms with Crippen LogP contribution in [0.4, 0.5) is 5.13 Å². The molecule has 0 saturated carbocycles. The lowest BCUT2D eigenvalue weighted by Crippen LogP contribution is -2.37. The van der Waals surface area contributed by atoms with E-state index in [1.165, 1.54) is 11.3 Å². The number of nitrogens with one attached hydrogen (secondary N) is 1. The standard InChI is InChI=1S/C22H20N2O2S/c1-14(25)16-8-9-17-13-22(2,20(26)24-21-23-10-11-27-21)19(18(17)12-16)15-6-4-3-5-7-15/h3-12,19H,13H2,1-2H3,(H,23,24,26)/t19-,22+/m1/s1. The number of fused-ring (bicyclic) bond motifs is 1. The van der Waals surface area contributed by atoms with Crippen LogP contribution in [0.25, 0.3) is 0 Å². The maximum atomic E-state index is 13.3. The number of hydrogen-bond donors (Lipinski definition) is 1. The number of hydrogen-bond acceptors (Lipinski definition) is 4. The highest BCUT2D eigenvalue weighted by Gasteiger charge is 2.49. The third kappa shape index (κ3) is 3.08. The molecular weight excluding hydrogens is 356 g/mol. The number of carbonyl (C=O) groups is 2. The Morgan fingerprint density at radius 2 is 1.96 bits per heavy atom. The van der Waals surface area contributed by atoms with Crippen LogP contribution in [0.2, 0.25) is 0 Å². The summed E-state index contributed by atoms with van der Waals surface area (Å²) in [5.74, 6) is -0.134. The molecule has 1 N–H and O–H groups in total. The molecule has 0 unspecified atom stereocenters. The number of Topliss-reactive ketones (excluding diaryl/α,β-unsaturated/α-hetero) is 1. The first-order valence-corrected chi connectivity index (χ1v) is 9.76. The van der Waals surface area contributed by atoms with Gasteiger partial charge in [0.25, 0.3) is 0 Å². The lowest BCUT2D eigenvalue weighted by molar-refractivity contribution is -0.125. The minimum atomic E-state index is -0.662. The van der Waals surface area contributed by atoms with Crippen LogP contribution in [0.5, 0.6) is 0 Å². The van der Waals surface area contributed by atoms with E-state index in [-0.39, 0.29) is 17.6 Å². The molecule has 0 saturated heterocycles. The van der Waals surface area contributed by atoms with Crippen molar-refractivity contribution in [2.45, 2.75) is 26.2 Å². The molecular formula is C22H20N2O2S. The van der Waals surface area contributed by atoms with Gasteiger partial charge in [0.1, 0.15) is 0 Å². The Bertz CT molecular complexity index is 998. The van der Waals surface area contributed by atoms with Gasteiger partial charge in [-0.15, -0.1) is 11.3 Å². The Labute approximate surface area is 162 Å². The van der Waals surface area contributed by atoms with Gasteiger partial charge in [-0.05, 0) is 43.0 Å². The molecule has 136 valence electrons. The van der Waals surface area contributed by atoms with E-state index in [2.05, 4.69) is 22.4 Å². The molecule has 4 rings (SSSR count). The zero-order valence-electron chi connectivity index (χ0n) is 15.2. The summed E-state index contributed by atoms with van der Waals surface area (Å²) in [7, 11) is 0. The van der Waals surface area contributed by atoms with E-state index in [1.54, 1.807) is 13.1 Å². The van der Waals surface area contributed by atoms with Crippen molar-refractivity contribution < 1.29 is 9.59 Å². The SMILES string of the molecule is CC(=O)c1ccc2c(c1)[C@@H](c1ccccc1)[C@@](C)(C(=O)Nc1nccs1)C2. The molecule has 0 spiro atoms. The fourth-order valence-electron chi connectivity index (χ4n) is 4.01. The summed E-state index contributed by atoms with van der Waals surface area (Å²) in [5.41, 5.74) is 3.27. The number of aromatic nitrogens is 1. The molecule has 2 atom stereocenters. The fourth-order valence-corrected chi connectivity index (χ4v) is 4.54. The lowest BCUT2D eigenvalue weighted by atomic mass is 9.73. The summed E-state index contributed by atoms with van der Waals surface area (Å²) in [6.45, 7) is 3.57. The summed E-state index contributed by atoms with van der Waals surface area (Å²) < 4.78 is 0.